The molecule has 0 spiro atoms. The van der Waals surface area contributed by atoms with Gasteiger partial charge in [-0.15, -0.1) is 0 Å². The van der Waals surface area contributed by atoms with E-state index in [1.807, 2.05) is 0 Å². The molecule has 5 heteroatoms. The molecule has 0 fully saturated rings. The van der Waals surface area contributed by atoms with Gasteiger partial charge in [0.1, 0.15) is 0 Å². The summed E-state index contributed by atoms with van der Waals surface area (Å²) in [6.07, 6.45) is 4.30. The number of aromatic nitrogens is 3. The summed E-state index contributed by atoms with van der Waals surface area (Å²) in [5.41, 5.74) is 2.11. The molecule has 0 aromatic carbocycles. The van der Waals surface area contributed by atoms with Gasteiger partial charge in [-0.2, -0.15) is 0 Å². The maximum Gasteiger partial charge on any atom is 0.208 e. The third-order valence-corrected chi connectivity index (χ3v) is 2.77. The van der Waals surface area contributed by atoms with E-state index in [4.69, 9.17) is 4.52 Å². The zero-order valence-electron chi connectivity index (χ0n) is 8.97. The van der Waals surface area contributed by atoms with Gasteiger partial charge < -0.3 is 9.84 Å². The van der Waals surface area contributed by atoms with Crippen molar-refractivity contribution >= 4 is 0 Å². The van der Waals surface area contributed by atoms with Crippen molar-refractivity contribution in [2.24, 2.45) is 0 Å². The van der Waals surface area contributed by atoms with Crippen molar-refractivity contribution in [1.29, 1.82) is 0 Å². The van der Waals surface area contributed by atoms with E-state index in [2.05, 4.69) is 27.4 Å². The third kappa shape index (κ3) is 1.49. The van der Waals surface area contributed by atoms with Gasteiger partial charge in [-0.3, -0.25) is 0 Å². The van der Waals surface area contributed by atoms with Crippen LogP contribution in [0, 0.1) is 0 Å². The first-order valence-electron chi connectivity index (χ1n) is 5.33. The van der Waals surface area contributed by atoms with Crippen molar-refractivity contribution in [3.63, 3.8) is 0 Å². The smallest absolute Gasteiger partial charge is 0.208 e. The molecule has 0 aliphatic carbocycles. The Hall–Kier alpha value is -1.75. The highest BCUT2D eigenvalue weighted by atomic mass is 16.5. The predicted molar refractivity (Wildman–Crippen MR) is 57.5 cm³/mol. The van der Waals surface area contributed by atoms with E-state index in [0.717, 1.165) is 24.2 Å². The summed E-state index contributed by atoms with van der Waals surface area (Å²) in [6, 6.07) is 2.23. The van der Waals surface area contributed by atoms with E-state index in [1.165, 1.54) is 0 Å². The molecule has 1 N–H and O–H groups in total. The number of nitrogens with zero attached hydrogens (tertiary/aromatic N) is 3. The van der Waals surface area contributed by atoms with Crippen molar-refractivity contribution in [3.8, 4) is 11.6 Å². The van der Waals surface area contributed by atoms with Crippen LogP contribution in [-0.4, -0.2) is 21.2 Å². The SMILES string of the molecule is CC1Cc2noc(-c3ncccn3)c2CN1. The van der Waals surface area contributed by atoms with Crippen molar-refractivity contribution in [2.45, 2.75) is 25.9 Å². The maximum atomic E-state index is 5.34. The van der Waals surface area contributed by atoms with Gasteiger partial charge >= 0.3 is 0 Å². The number of fused-ring (bicyclic) bond motifs is 1. The molecule has 2 aromatic heterocycles. The molecule has 82 valence electrons. The van der Waals surface area contributed by atoms with Crippen LogP contribution in [0.4, 0.5) is 0 Å². The topological polar surface area (TPSA) is 63.8 Å². The highest BCUT2D eigenvalue weighted by Crippen LogP contribution is 2.26. The van der Waals surface area contributed by atoms with Crippen molar-refractivity contribution in [2.75, 3.05) is 0 Å². The minimum Gasteiger partial charge on any atom is -0.352 e. The second kappa shape index (κ2) is 3.68. The Morgan fingerprint density at radius 3 is 3.00 bits per heavy atom. The molecule has 0 saturated heterocycles. The number of hydrogen-bond acceptors (Lipinski definition) is 5. The molecule has 1 atom stereocenters. The van der Waals surface area contributed by atoms with Crippen molar-refractivity contribution < 1.29 is 4.52 Å². The molecule has 3 rings (SSSR count). The molecule has 0 radical (unpaired) electrons. The Kier molecular flexibility index (Phi) is 2.18. The minimum atomic E-state index is 0.446. The zero-order valence-corrected chi connectivity index (χ0v) is 8.97. The lowest BCUT2D eigenvalue weighted by Gasteiger charge is -2.18. The molecule has 0 saturated carbocycles. The molecule has 16 heavy (non-hydrogen) atoms. The summed E-state index contributed by atoms with van der Waals surface area (Å²) < 4.78 is 5.34. The first-order chi connectivity index (χ1) is 7.84. The van der Waals surface area contributed by atoms with Crippen LogP contribution in [0.2, 0.25) is 0 Å². The van der Waals surface area contributed by atoms with Crippen LogP contribution in [0.25, 0.3) is 11.6 Å². The Morgan fingerprint density at radius 1 is 1.38 bits per heavy atom. The van der Waals surface area contributed by atoms with Crippen molar-refractivity contribution in [1.82, 2.24) is 20.4 Å². The molecule has 0 bridgehead atoms. The van der Waals surface area contributed by atoms with Gasteiger partial charge in [0, 0.05) is 37.0 Å². The highest BCUT2D eigenvalue weighted by molar-refractivity contribution is 5.53. The minimum absolute atomic E-state index is 0.446. The molecule has 3 heterocycles. The summed E-state index contributed by atoms with van der Waals surface area (Å²) in [4.78, 5) is 8.35. The van der Waals surface area contributed by atoms with Gasteiger partial charge in [-0.25, -0.2) is 9.97 Å². The summed E-state index contributed by atoms with van der Waals surface area (Å²) in [6.45, 7) is 2.91. The fraction of sp³-hybridized carbons (Fsp3) is 0.364. The Labute approximate surface area is 92.9 Å². The van der Waals surface area contributed by atoms with Crippen LogP contribution in [0.5, 0.6) is 0 Å². The van der Waals surface area contributed by atoms with Crippen LogP contribution in [0.3, 0.4) is 0 Å². The lowest BCUT2D eigenvalue weighted by atomic mass is 10.0. The van der Waals surface area contributed by atoms with E-state index < -0.39 is 0 Å². The van der Waals surface area contributed by atoms with Crippen molar-refractivity contribution in [3.05, 3.63) is 29.7 Å². The van der Waals surface area contributed by atoms with Gasteiger partial charge in [0.2, 0.25) is 5.76 Å². The second-order valence-corrected chi connectivity index (χ2v) is 4.00. The summed E-state index contributed by atoms with van der Waals surface area (Å²) in [5, 5.41) is 7.47. The number of rotatable bonds is 1. The fourth-order valence-electron chi connectivity index (χ4n) is 1.92. The second-order valence-electron chi connectivity index (χ2n) is 4.00. The van der Waals surface area contributed by atoms with E-state index >= 15 is 0 Å². The van der Waals surface area contributed by atoms with Gasteiger partial charge in [0.15, 0.2) is 5.82 Å². The standard InChI is InChI=1S/C11H12N4O/c1-7-5-9-8(6-14-7)10(16-15-9)11-12-3-2-4-13-11/h2-4,7,14H,5-6H2,1H3. The van der Waals surface area contributed by atoms with Crippen LogP contribution in [0.1, 0.15) is 18.2 Å². The fourth-order valence-corrected chi connectivity index (χ4v) is 1.92. The molecule has 1 unspecified atom stereocenters. The summed E-state index contributed by atoms with van der Waals surface area (Å²) in [7, 11) is 0. The molecular weight excluding hydrogens is 204 g/mol. The monoisotopic (exact) mass is 216 g/mol. The van der Waals surface area contributed by atoms with E-state index in [1.54, 1.807) is 18.5 Å². The normalized spacial score (nSPS) is 19.4. The van der Waals surface area contributed by atoms with Crippen LogP contribution >= 0.6 is 0 Å². The molecule has 2 aromatic rings. The lowest BCUT2D eigenvalue weighted by Crippen LogP contribution is -2.32. The van der Waals surface area contributed by atoms with Crippen LogP contribution < -0.4 is 5.32 Å². The number of nitrogens with one attached hydrogen (secondary N) is 1. The molecule has 0 amide bonds. The average molecular weight is 216 g/mol. The van der Waals surface area contributed by atoms with Gasteiger partial charge in [0.25, 0.3) is 0 Å². The van der Waals surface area contributed by atoms with Crippen LogP contribution in [-0.2, 0) is 13.0 Å². The van der Waals surface area contributed by atoms with Gasteiger partial charge in [-0.1, -0.05) is 5.16 Å². The first-order valence-corrected chi connectivity index (χ1v) is 5.33. The lowest BCUT2D eigenvalue weighted by molar-refractivity contribution is 0.416. The predicted octanol–water partition coefficient (Wildman–Crippen LogP) is 1.17. The third-order valence-electron chi connectivity index (χ3n) is 2.77. The summed E-state index contributed by atoms with van der Waals surface area (Å²) >= 11 is 0. The van der Waals surface area contributed by atoms with E-state index in [-0.39, 0.29) is 0 Å². The van der Waals surface area contributed by atoms with E-state index in [9.17, 15) is 0 Å². The number of hydrogen-bond donors (Lipinski definition) is 1. The molecule has 1 aliphatic heterocycles. The molecule has 5 nitrogen and oxygen atoms in total. The van der Waals surface area contributed by atoms with Gasteiger partial charge in [-0.05, 0) is 13.0 Å². The Balaban J connectivity index is 2.04. The molecule has 1 aliphatic rings. The average Bonchev–Trinajstić information content (AvgIpc) is 2.73. The van der Waals surface area contributed by atoms with Crippen LogP contribution in [0.15, 0.2) is 23.0 Å². The zero-order chi connectivity index (χ0) is 11.0. The maximum absolute atomic E-state index is 5.34. The largest absolute Gasteiger partial charge is 0.352 e. The highest BCUT2D eigenvalue weighted by Gasteiger charge is 2.24. The van der Waals surface area contributed by atoms with E-state index in [0.29, 0.717) is 17.6 Å². The Morgan fingerprint density at radius 2 is 2.19 bits per heavy atom. The Bertz CT molecular complexity index is 494. The quantitative estimate of drug-likeness (QED) is 0.775. The van der Waals surface area contributed by atoms with Gasteiger partial charge in [0.05, 0.1) is 5.69 Å². The molecular formula is C11H12N4O. The first kappa shape index (κ1) is 9.47. The summed E-state index contributed by atoms with van der Waals surface area (Å²) in [5.74, 6) is 1.29.